The van der Waals surface area contributed by atoms with Crippen molar-refractivity contribution in [3.05, 3.63) is 88.5 Å². The fourth-order valence-corrected chi connectivity index (χ4v) is 4.73. The summed E-state index contributed by atoms with van der Waals surface area (Å²) in [5.41, 5.74) is 9.44. The van der Waals surface area contributed by atoms with Gasteiger partial charge in [-0.1, -0.05) is 47.6 Å². The summed E-state index contributed by atoms with van der Waals surface area (Å²) in [4.78, 5) is 64.2. The molecule has 4 rings (SSSR count). The molecule has 0 saturated heterocycles. The van der Waals surface area contributed by atoms with Gasteiger partial charge in [0.15, 0.2) is 5.76 Å². The largest absolute Gasteiger partial charge is 0.488 e. The van der Waals surface area contributed by atoms with E-state index in [0.717, 1.165) is 9.80 Å². The molecule has 17 heteroatoms. The molecule has 0 unspecified atom stereocenters. The standard InChI is InChI=1S/C31H27N5O12/c32-34-33-29-19-12-24(47-11-10-46-22-9-5-4-8-20(22)35(14-25(37)38)15-26(39)40)21(36(16-27(41)42)17-28(43)44)13-23(19)48-31(29)30(45)18-6-2-1-3-7-18/h1-9,12-13H,10-11,14-17H2,(H,37,38)(H,39,40)(H,41,42)(H,43,44). The van der Waals surface area contributed by atoms with Gasteiger partial charge in [-0.2, -0.15) is 0 Å². The third-order valence-electron chi connectivity index (χ3n) is 6.58. The minimum absolute atomic E-state index is 0.0260. The minimum atomic E-state index is -1.36. The maximum Gasteiger partial charge on any atom is 0.323 e. The molecule has 1 aromatic heterocycles. The molecular formula is C31H27N5O12. The van der Waals surface area contributed by atoms with Gasteiger partial charge in [0.05, 0.1) is 17.1 Å². The predicted octanol–water partition coefficient (Wildman–Crippen LogP) is 4.01. The third kappa shape index (κ3) is 8.49. The lowest BCUT2D eigenvalue weighted by molar-refractivity contribution is -0.138. The van der Waals surface area contributed by atoms with Gasteiger partial charge in [0.2, 0.25) is 5.78 Å². The van der Waals surface area contributed by atoms with Gasteiger partial charge in [-0.15, -0.1) is 0 Å². The number of carboxylic acid groups (broad SMARTS) is 4. The molecule has 0 atom stereocenters. The Kier molecular flexibility index (Phi) is 11.0. The smallest absolute Gasteiger partial charge is 0.323 e. The summed E-state index contributed by atoms with van der Waals surface area (Å²) in [6, 6.07) is 16.7. The molecule has 4 aromatic rings. The number of furan rings is 1. The first-order valence-corrected chi connectivity index (χ1v) is 14.0. The number of carbonyl (C=O) groups excluding carboxylic acids is 1. The van der Waals surface area contributed by atoms with Crippen molar-refractivity contribution in [3.63, 3.8) is 0 Å². The fourth-order valence-electron chi connectivity index (χ4n) is 4.73. The number of carboxylic acids is 4. The van der Waals surface area contributed by atoms with Gasteiger partial charge in [-0.05, 0) is 23.7 Å². The quantitative estimate of drug-likeness (QED) is 0.0386. The molecular weight excluding hydrogens is 634 g/mol. The van der Waals surface area contributed by atoms with Crippen LogP contribution in [-0.2, 0) is 19.2 Å². The number of rotatable bonds is 18. The molecule has 248 valence electrons. The maximum atomic E-state index is 13.3. The van der Waals surface area contributed by atoms with E-state index < -0.39 is 55.8 Å². The Morgan fingerprint density at radius 1 is 0.708 bits per heavy atom. The van der Waals surface area contributed by atoms with E-state index in [0.29, 0.717) is 0 Å². The van der Waals surface area contributed by atoms with E-state index in [1.807, 2.05) is 0 Å². The molecule has 0 spiro atoms. The number of nitrogens with zero attached hydrogens (tertiary/aromatic N) is 5. The number of aliphatic carboxylic acids is 4. The fraction of sp³-hybridized carbons (Fsp3) is 0.194. The Morgan fingerprint density at radius 3 is 1.79 bits per heavy atom. The zero-order valence-corrected chi connectivity index (χ0v) is 24.9. The highest BCUT2D eigenvalue weighted by atomic mass is 16.5. The Hall–Kier alpha value is -6.74. The summed E-state index contributed by atoms with van der Waals surface area (Å²) < 4.78 is 17.5. The van der Waals surface area contributed by atoms with Crippen LogP contribution in [0, 0.1) is 0 Å². The monoisotopic (exact) mass is 661 g/mol. The Bertz CT molecular complexity index is 1870. The normalized spacial score (nSPS) is 10.5. The Labute approximate surface area is 270 Å². The van der Waals surface area contributed by atoms with Crippen LogP contribution in [0.2, 0.25) is 0 Å². The van der Waals surface area contributed by atoms with Crippen molar-refractivity contribution in [2.24, 2.45) is 5.11 Å². The third-order valence-corrected chi connectivity index (χ3v) is 6.58. The summed E-state index contributed by atoms with van der Waals surface area (Å²) in [7, 11) is 0. The average molecular weight is 662 g/mol. The first kappa shape index (κ1) is 34.1. The van der Waals surface area contributed by atoms with E-state index in [9.17, 15) is 49.9 Å². The van der Waals surface area contributed by atoms with E-state index in [2.05, 4.69) is 10.0 Å². The number of hydrogen-bond acceptors (Lipinski definition) is 11. The number of hydrogen-bond donors (Lipinski definition) is 4. The molecule has 3 aromatic carbocycles. The highest BCUT2D eigenvalue weighted by Crippen LogP contribution is 2.42. The molecule has 4 N–H and O–H groups in total. The zero-order chi connectivity index (χ0) is 34.8. The molecule has 0 amide bonds. The first-order chi connectivity index (χ1) is 23.0. The van der Waals surface area contributed by atoms with Crippen LogP contribution in [0.25, 0.3) is 21.4 Å². The number of fused-ring (bicyclic) bond motifs is 1. The summed E-state index contributed by atoms with van der Waals surface area (Å²) in [6.45, 7) is -3.22. The summed E-state index contributed by atoms with van der Waals surface area (Å²) in [6.07, 6.45) is 0. The number of azide groups is 1. The van der Waals surface area contributed by atoms with E-state index in [1.54, 1.807) is 30.3 Å². The number of para-hydroxylation sites is 2. The average Bonchev–Trinajstić information content (AvgIpc) is 3.38. The van der Waals surface area contributed by atoms with Crippen molar-refractivity contribution in [3.8, 4) is 11.5 Å². The maximum absolute atomic E-state index is 13.3. The van der Waals surface area contributed by atoms with Crippen molar-refractivity contribution in [1.82, 2.24) is 0 Å². The molecule has 48 heavy (non-hydrogen) atoms. The topological polar surface area (TPSA) is 253 Å². The van der Waals surface area contributed by atoms with Crippen molar-refractivity contribution in [1.29, 1.82) is 0 Å². The molecule has 0 aliphatic heterocycles. The van der Waals surface area contributed by atoms with Crippen molar-refractivity contribution in [2.45, 2.75) is 0 Å². The van der Waals surface area contributed by atoms with Gasteiger partial charge < -0.3 is 44.1 Å². The number of ether oxygens (including phenoxy) is 2. The Balaban J connectivity index is 1.71. The molecule has 1 heterocycles. The van der Waals surface area contributed by atoms with E-state index in [1.165, 1.54) is 36.4 Å². The van der Waals surface area contributed by atoms with Gasteiger partial charge in [-0.3, -0.25) is 24.0 Å². The second kappa shape index (κ2) is 15.5. The zero-order valence-electron chi connectivity index (χ0n) is 24.9. The number of benzene rings is 3. The van der Waals surface area contributed by atoms with Gasteiger partial charge in [-0.25, -0.2) is 0 Å². The van der Waals surface area contributed by atoms with Crippen LogP contribution >= 0.6 is 0 Å². The summed E-state index contributed by atoms with van der Waals surface area (Å²) in [5, 5.41) is 41.3. The van der Waals surface area contributed by atoms with Crippen LogP contribution in [0.5, 0.6) is 11.5 Å². The molecule has 0 saturated carbocycles. The van der Waals surface area contributed by atoms with Crippen molar-refractivity contribution in [2.75, 3.05) is 49.2 Å². The molecule has 17 nitrogen and oxygen atoms in total. The second-order valence-electron chi connectivity index (χ2n) is 9.93. The lowest BCUT2D eigenvalue weighted by atomic mass is 10.1. The molecule has 0 fully saturated rings. The molecule has 0 bridgehead atoms. The lowest BCUT2D eigenvalue weighted by Gasteiger charge is -2.24. The van der Waals surface area contributed by atoms with Gasteiger partial charge >= 0.3 is 23.9 Å². The van der Waals surface area contributed by atoms with Gasteiger partial charge in [0, 0.05) is 21.9 Å². The van der Waals surface area contributed by atoms with E-state index in [4.69, 9.17) is 13.9 Å². The molecule has 0 radical (unpaired) electrons. The van der Waals surface area contributed by atoms with Gasteiger partial charge in [0.1, 0.15) is 56.5 Å². The summed E-state index contributed by atoms with van der Waals surface area (Å²) >= 11 is 0. The number of ketones is 1. The molecule has 0 aliphatic carbocycles. The minimum Gasteiger partial charge on any atom is -0.488 e. The highest BCUT2D eigenvalue weighted by Gasteiger charge is 2.26. The van der Waals surface area contributed by atoms with Crippen LogP contribution in [-0.4, -0.2) is 89.5 Å². The Morgan fingerprint density at radius 2 is 1.23 bits per heavy atom. The summed E-state index contributed by atoms with van der Waals surface area (Å²) in [5.74, 6) is -6.11. The van der Waals surface area contributed by atoms with Crippen LogP contribution in [0.1, 0.15) is 16.1 Å². The lowest BCUT2D eigenvalue weighted by Crippen LogP contribution is -2.35. The molecule has 0 aliphatic rings. The van der Waals surface area contributed by atoms with Crippen LogP contribution < -0.4 is 19.3 Å². The van der Waals surface area contributed by atoms with E-state index >= 15 is 0 Å². The van der Waals surface area contributed by atoms with Crippen LogP contribution in [0.15, 0.2) is 76.3 Å². The van der Waals surface area contributed by atoms with Gasteiger partial charge in [0.25, 0.3) is 0 Å². The number of carbonyl (C=O) groups is 5. The predicted molar refractivity (Wildman–Crippen MR) is 167 cm³/mol. The van der Waals surface area contributed by atoms with Crippen molar-refractivity contribution < 1.29 is 58.3 Å². The SMILES string of the molecule is [N-]=[N+]=Nc1c(C(=O)c2ccccc2)oc2cc(N(CC(=O)O)CC(=O)O)c(OCCOc3ccccc3N(CC(=O)O)CC(=O)O)cc12. The highest BCUT2D eigenvalue weighted by molar-refractivity contribution is 6.14. The van der Waals surface area contributed by atoms with E-state index in [-0.39, 0.29) is 64.1 Å². The number of anilines is 2. The van der Waals surface area contributed by atoms with Crippen LogP contribution in [0.3, 0.4) is 0 Å². The van der Waals surface area contributed by atoms with Crippen LogP contribution in [0.4, 0.5) is 17.1 Å². The van der Waals surface area contributed by atoms with Crippen molar-refractivity contribution >= 4 is 57.7 Å². The second-order valence-corrected chi connectivity index (χ2v) is 9.93. The first-order valence-electron chi connectivity index (χ1n) is 14.0.